The fourth-order valence-electron chi connectivity index (χ4n) is 11.9. The molecule has 4 nitrogen and oxygen atoms in total. The highest BCUT2D eigenvalue weighted by Crippen LogP contribution is 2.56. The van der Waals surface area contributed by atoms with Gasteiger partial charge in [0.25, 0.3) is 0 Å². The first-order valence-corrected chi connectivity index (χ1v) is 19.0. The van der Waals surface area contributed by atoms with Crippen LogP contribution in [0.3, 0.4) is 0 Å². The molecule has 12 rings (SSSR count). The molecule has 8 saturated carbocycles. The molecule has 0 aliphatic heterocycles. The first kappa shape index (κ1) is 30.2. The summed E-state index contributed by atoms with van der Waals surface area (Å²) >= 11 is 0. The summed E-state index contributed by atoms with van der Waals surface area (Å²) in [5, 5.41) is 8.29. The van der Waals surface area contributed by atoms with Crippen molar-refractivity contribution in [2.75, 3.05) is 22.1 Å². The highest BCUT2D eigenvalue weighted by atomic mass is 15.0. The van der Waals surface area contributed by atoms with Crippen molar-refractivity contribution in [3.05, 3.63) is 97.1 Å². The van der Waals surface area contributed by atoms with Gasteiger partial charge in [0, 0.05) is 57.1 Å². The van der Waals surface area contributed by atoms with Crippen molar-refractivity contribution < 1.29 is 0 Å². The summed E-state index contributed by atoms with van der Waals surface area (Å²) in [4.78, 5) is 0. The zero-order valence-electron chi connectivity index (χ0n) is 28.2. The number of para-hydroxylation sites is 4. The molecular formula is C44H52N4. The number of anilines is 4. The molecule has 0 spiro atoms. The number of hydrogen-bond donors (Lipinski definition) is 4. The molecule has 4 heteroatoms. The second kappa shape index (κ2) is 12.5. The van der Waals surface area contributed by atoms with E-state index in [4.69, 9.17) is 11.5 Å². The molecule has 4 aromatic carbocycles. The van der Waals surface area contributed by atoms with Crippen molar-refractivity contribution >= 4 is 22.7 Å². The second-order valence-corrected chi connectivity index (χ2v) is 16.5. The van der Waals surface area contributed by atoms with Gasteiger partial charge >= 0.3 is 0 Å². The summed E-state index contributed by atoms with van der Waals surface area (Å²) in [6.07, 6.45) is 14.8. The lowest BCUT2D eigenvalue weighted by Gasteiger charge is -2.55. The van der Waals surface area contributed by atoms with Crippen molar-refractivity contribution in [1.29, 1.82) is 0 Å². The number of nitrogens with two attached hydrogens (primary N) is 2. The summed E-state index contributed by atoms with van der Waals surface area (Å²) in [6, 6.07) is 35.1. The van der Waals surface area contributed by atoms with E-state index in [2.05, 4.69) is 59.2 Å². The van der Waals surface area contributed by atoms with Crippen LogP contribution < -0.4 is 22.1 Å². The Labute approximate surface area is 287 Å². The van der Waals surface area contributed by atoms with Gasteiger partial charge in [0.15, 0.2) is 0 Å². The van der Waals surface area contributed by atoms with Gasteiger partial charge < -0.3 is 22.1 Å². The van der Waals surface area contributed by atoms with Crippen LogP contribution in [0, 0.1) is 47.3 Å². The SMILES string of the molecule is Nc1ccccc1-c1ccccc1N.c1ccc(-c2ccccc2NC2C3CC4CC(C3)CC2C4)c(NC2C3CC4CC(C3)CC2C4)c1. The van der Waals surface area contributed by atoms with Crippen LogP contribution in [0.15, 0.2) is 97.1 Å². The number of nitrogens with one attached hydrogen (secondary N) is 2. The predicted octanol–water partition coefficient (Wildman–Crippen LogP) is 10.3. The van der Waals surface area contributed by atoms with E-state index in [1.165, 1.54) is 86.7 Å². The van der Waals surface area contributed by atoms with Crippen LogP contribution in [0.25, 0.3) is 22.3 Å². The van der Waals surface area contributed by atoms with Crippen molar-refractivity contribution in [3.8, 4) is 22.3 Å². The molecule has 0 amide bonds. The summed E-state index contributed by atoms with van der Waals surface area (Å²) < 4.78 is 0. The molecule has 8 fully saturated rings. The third kappa shape index (κ3) is 5.65. The molecule has 4 aromatic rings. The molecule has 0 radical (unpaired) electrons. The van der Waals surface area contributed by atoms with Crippen LogP contribution in [0.1, 0.15) is 64.2 Å². The van der Waals surface area contributed by atoms with Gasteiger partial charge in [0.05, 0.1) is 0 Å². The van der Waals surface area contributed by atoms with Crippen molar-refractivity contribution in [1.82, 2.24) is 0 Å². The Balaban J connectivity index is 0.000000189. The smallest absolute Gasteiger partial charge is 0.0422 e. The maximum Gasteiger partial charge on any atom is 0.0422 e. The molecule has 0 unspecified atom stereocenters. The molecule has 48 heavy (non-hydrogen) atoms. The molecule has 0 aromatic heterocycles. The highest BCUT2D eigenvalue weighted by Gasteiger charge is 2.49. The maximum absolute atomic E-state index is 5.87. The summed E-state index contributed by atoms with van der Waals surface area (Å²) in [5.74, 6) is 7.69. The molecule has 0 saturated heterocycles. The third-order valence-corrected chi connectivity index (χ3v) is 13.5. The van der Waals surface area contributed by atoms with Crippen molar-refractivity contribution in [2.45, 2.75) is 76.3 Å². The fourth-order valence-corrected chi connectivity index (χ4v) is 11.9. The van der Waals surface area contributed by atoms with E-state index in [9.17, 15) is 0 Å². The summed E-state index contributed by atoms with van der Waals surface area (Å²) in [6.45, 7) is 0. The van der Waals surface area contributed by atoms with Gasteiger partial charge in [0.2, 0.25) is 0 Å². The Morgan fingerprint density at radius 3 is 0.979 bits per heavy atom. The minimum atomic E-state index is 0.679. The summed E-state index contributed by atoms with van der Waals surface area (Å²) in [7, 11) is 0. The Morgan fingerprint density at radius 1 is 0.354 bits per heavy atom. The van der Waals surface area contributed by atoms with E-state index in [0.717, 1.165) is 69.8 Å². The minimum absolute atomic E-state index is 0.679. The zero-order valence-corrected chi connectivity index (χ0v) is 28.2. The minimum Gasteiger partial charge on any atom is -0.398 e. The van der Waals surface area contributed by atoms with E-state index in [1.807, 2.05) is 48.5 Å². The van der Waals surface area contributed by atoms with E-state index in [-0.39, 0.29) is 0 Å². The van der Waals surface area contributed by atoms with Crippen molar-refractivity contribution in [3.63, 3.8) is 0 Å². The first-order chi connectivity index (χ1) is 23.6. The molecule has 0 atom stereocenters. The largest absolute Gasteiger partial charge is 0.398 e. The van der Waals surface area contributed by atoms with E-state index < -0.39 is 0 Å². The average molecular weight is 637 g/mol. The Bertz CT molecular complexity index is 1580. The van der Waals surface area contributed by atoms with Crippen LogP contribution in [-0.2, 0) is 0 Å². The number of nitrogen functional groups attached to an aromatic ring is 2. The normalized spacial score (nSPS) is 33.6. The lowest BCUT2D eigenvalue weighted by molar-refractivity contribution is 0.00746. The topological polar surface area (TPSA) is 76.1 Å². The van der Waals surface area contributed by atoms with Crippen LogP contribution >= 0.6 is 0 Å². The zero-order chi connectivity index (χ0) is 32.2. The first-order valence-electron chi connectivity index (χ1n) is 19.0. The number of rotatable bonds is 6. The van der Waals surface area contributed by atoms with Gasteiger partial charge in [0.1, 0.15) is 0 Å². The fraction of sp³-hybridized carbons (Fsp3) is 0.455. The maximum atomic E-state index is 5.87. The molecule has 248 valence electrons. The Kier molecular flexibility index (Phi) is 7.86. The lowest BCUT2D eigenvalue weighted by atomic mass is 9.54. The van der Waals surface area contributed by atoms with Gasteiger partial charge in [-0.15, -0.1) is 0 Å². The van der Waals surface area contributed by atoms with E-state index in [1.54, 1.807) is 0 Å². The monoisotopic (exact) mass is 636 g/mol. The second-order valence-electron chi connectivity index (χ2n) is 16.5. The lowest BCUT2D eigenvalue weighted by Crippen LogP contribution is -2.51. The average Bonchev–Trinajstić information content (AvgIpc) is 3.09. The quantitative estimate of drug-likeness (QED) is 0.159. The molecule has 8 bridgehead atoms. The van der Waals surface area contributed by atoms with Crippen LogP contribution in [0.4, 0.5) is 22.7 Å². The summed E-state index contributed by atoms with van der Waals surface area (Å²) in [5.41, 5.74) is 20.7. The Hall–Kier alpha value is -3.92. The van der Waals surface area contributed by atoms with E-state index in [0.29, 0.717) is 12.1 Å². The molecular weight excluding hydrogens is 585 g/mol. The number of benzene rings is 4. The molecule has 8 aliphatic rings. The van der Waals surface area contributed by atoms with Gasteiger partial charge in [-0.2, -0.15) is 0 Å². The molecule has 6 N–H and O–H groups in total. The van der Waals surface area contributed by atoms with Gasteiger partial charge in [-0.3, -0.25) is 0 Å². The molecule has 8 aliphatic carbocycles. The third-order valence-electron chi connectivity index (χ3n) is 13.5. The molecule has 0 heterocycles. The Morgan fingerprint density at radius 2 is 0.646 bits per heavy atom. The van der Waals surface area contributed by atoms with Crippen LogP contribution in [-0.4, -0.2) is 12.1 Å². The van der Waals surface area contributed by atoms with Gasteiger partial charge in [-0.25, -0.2) is 0 Å². The van der Waals surface area contributed by atoms with Crippen molar-refractivity contribution in [2.24, 2.45) is 47.3 Å². The van der Waals surface area contributed by atoms with Gasteiger partial charge in [-0.1, -0.05) is 72.8 Å². The van der Waals surface area contributed by atoms with Gasteiger partial charge in [-0.05, 0) is 136 Å². The standard InChI is InChI=1S/C32H40N2.C12H12N2/c1-3-7-29(33-31-23-11-19-9-20(13-23)14-24(31)12-19)27(5-1)28-6-2-4-8-30(28)34-32-25-15-21-10-22(17-25)18-26(32)16-21;13-11-7-3-1-5-9(11)10-6-2-4-8-12(10)14/h1-8,19-26,31-34H,9-18H2;1-8H,13-14H2. The van der Waals surface area contributed by atoms with E-state index >= 15 is 0 Å². The van der Waals surface area contributed by atoms with Crippen LogP contribution in [0.5, 0.6) is 0 Å². The predicted molar refractivity (Wildman–Crippen MR) is 201 cm³/mol. The number of hydrogen-bond acceptors (Lipinski definition) is 4. The highest BCUT2D eigenvalue weighted by molar-refractivity contribution is 5.86. The van der Waals surface area contributed by atoms with Crippen LogP contribution in [0.2, 0.25) is 0 Å².